The molecule has 1 aliphatic rings. The van der Waals surface area contributed by atoms with E-state index >= 15 is 0 Å². The van der Waals surface area contributed by atoms with Gasteiger partial charge in [0.2, 0.25) is 0 Å². The maximum Gasteiger partial charge on any atom is 0.264 e. The first kappa shape index (κ1) is 21.7. The van der Waals surface area contributed by atoms with Crippen LogP contribution in [0.3, 0.4) is 0 Å². The highest BCUT2D eigenvalue weighted by molar-refractivity contribution is 7.92. The Morgan fingerprint density at radius 1 is 1.09 bits per heavy atom. The number of carbonyl (C=O) groups excluding carboxylic acids is 1. The monoisotopic (exact) mass is 452 g/mol. The molecule has 166 valence electrons. The van der Waals surface area contributed by atoms with Gasteiger partial charge in [0.15, 0.2) is 0 Å². The molecule has 0 radical (unpaired) electrons. The number of ether oxygens (including phenoxy) is 2. The summed E-state index contributed by atoms with van der Waals surface area (Å²) >= 11 is 0. The van der Waals surface area contributed by atoms with Crippen molar-refractivity contribution in [2.45, 2.75) is 18.2 Å². The van der Waals surface area contributed by atoms with Gasteiger partial charge in [0.05, 0.1) is 24.3 Å². The summed E-state index contributed by atoms with van der Waals surface area (Å²) < 4.78 is 38.5. The van der Waals surface area contributed by atoms with Crippen LogP contribution in [0.5, 0.6) is 11.5 Å². The van der Waals surface area contributed by atoms with Crippen molar-refractivity contribution in [3.05, 3.63) is 77.4 Å². The Labute approximate surface area is 187 Å². The SMILES string of the molecule is COc1ccccc1N(C)S(=O)(=O)c1ccc(C)c(C(=O)Nc2ccc3c(c2)CCO3)c1. The molecular formula is C24H24N2O5S. The summed E-state index contributed by atoms with van der Waals surface area (Å²) in [6, 6.07) is 16.9. The molecule has 0 saturated heterocycles. The number of aryl methyl sites for hydroxylation is 1. The van der Waals surface area contributed by atoms with Crippen LogP contribution < -0.4 is 19.1 Å². The van der Waals surface area contributed by atoms with Gasteiger partial charge in [-0.05, 0) is 60.5 Å². The number of hydrogen-bond acceptors (Lipinski definition) is 5. The average Bonchev–Trinajstić information content (AvgIpc) is 3.26. The fraction of sp³-hybridized carbons (Fsp3) is 0.208. The summed E-state index contributed by atoms with van der Waals surface area (Å²) in [7, 11) is -0.979. The predicted molar refractivity (Wildman–Crippen MR) is 123 cm³/mol. The Morgan fingerprint density at radius 3 is 2.66 bits per heavy atom. The molecule has 0 aromatic heterocycles. The number of fused-ring (bicyclic) bond motifs is 1. The highest BCUT2D eigenvalue weighted by Crippen LogP contribution is 2.32. The van der Waals surface area contributed by atoms with Crippen LogP contribution in [-0.4, -0.2) is 35.1 Å². The summed E-state index contributed by atoms with van der Waals surface area (Å²) in [4.78, 5) is 13.0. The molecule has 1 heterocycles. The standard InChI is InChI=1S/C24H24N2O5S/c1-16-8-10-19(32(28,29)26(2)21-6-4-5-7-23(21)30-3)15-20(16)24(27)25-18-9-11-22-17(14-18)12-13-31-22/h4-11,14-15H,12-13H2,1-3H3,(H,25,27). The summed E-state index contributed by atoms with van der Waals surface area (Å²) in [6.07, 6.45) is 0.793. The molecule has 0 saturated carbocycles. The third-order valence-electron chi connectivity index (χ3n) is 5.48. The maximum absolute atomic E-state index is 13.3. The molecule has 4 rings (SSSR count). The quantitative estimate of drug-likeness (QED) is 0.611. The number of para-hydroxylation sites is 2. The Balaban J connectivity index is 1.63. The van der Waals surface area contributed by atoms with E-state index in [4.69, 9.17) is 9.47 Å². The maximum atomic E-state index is 13.3. The van der Waals surface area contributed by atoms with Crippen molar-refractivity contribution in [2.75, 3.05) is 30.4 Å². The summed E-state index contributed by atoms with van der Waals surface area (Å²) in [5, 5.41) is 2.86. The van der Waals surface area contributed by atoms with Crippen LogP contribution in [0.2, 0.25) is 0 Å². The predicted octanol–water partition coefficient (Wildman–Crippen LogP) is 4.02. The van der Waals surface area contributed by atoms with Crippen LogP contribution in [-0.2, 0) is 16.4 Å². The van der Waals surface area contributed by atoms with E-state index < -0.39 is 10.0 Å². The van der Waals surface area contributed by atoms with E-state index in [9.17, 15) is 13.2 Å². The first-order valence-electron chi connectivity index (χ1n) is 10.1. The molecule has 0 aliphatic carbocycles. The van der Waals surface area contributed by atoms with Crippen molar-refractivity contribution < 1.29 is 22.7 Å². The largest absolute Gasteiger partial charge is 0.495 e. The molecule has 0 atom stereocenters. The zero-order valence-electron chi connectivity index (χ0n) is 18.1. The number of nitrogens with zero attached hydrogens (tertiary/aromatic N) is 1. The van der Waals surface area contributed by atoms with Crippen molar-refractivity contribution in [2.24, 2.45) is 0 Å². The Morgan fingerprint density at radius 2 is 1.88 bits per heavy atom. The number of nitrogens with one attached hydrogen (secondary N) is 1. The number of methoxy groups -OCH3 is 1. The van der Waals surface area contributed by atoms with E-state index in [2.05, 4.69) is 5.32 Å². The highest BCUT2D eigenvalue weighted by atomic mass is 32.2. The van der Waals surface area contributed by atoms with Crippen LogP contribution in [0.4, 0.5) is 11.4 Å². The molecule has 7 nitrogen and oxygen atoms in total. The highest BCUT2D eigenvalue weighted by Gasteiger charge is 2.25. The van der Waals surface area contributed by atoms with E-state index in [1.807, 2.05) is 12.1 Å². The molecule has 32 heavy (non-hydrogen) atoms. The Kier molecular flexibility index (Phi) is 5.80. The van der Waals surface area contributed by atoms with Crippen LogP contribution in [0, 0.1) is 6.92 Å². The van der Waals surface area contributed by atoms with Crippen LogP contribution in [0.25, 0.3) is 0 Å². The van der Waals surface area contributed by atoms with Gasteiger partial charge in [-0.25, -0.2) is 8.42 Å². The smallest absolute Gasteiger partial charge is 0.264 e. The first-order chi connectivity index (χ1) is 15.3. The van der Waals surface area contributed by atoms with Crippen molar-refractivity contribution in [1.82, 2.24) is 0 Å². The average molecular weight is 453 g/mol. The van der Waals surface area contributed by atoms with E-state index in [1.54, 1.807) is 43.3 Å². The second-order valence-corrected chi connectivity index (χ2v) is 9.47. The number of rotatable bonds is 6. The molecule has 1 N–H and O–H groups in total. The van der Waals surface area contributed by atoms with Gasteiger partial charge in [0.1, 0.15) is 11.5 Å². The number of amides is 1. The lowest BCUT2D eigenvalue weighted by molar-refractivity contribution is 0.102. The molecule has 8 heteroatoms. The molecule has 3 aromatic carbocycles. The lowest BCUT2D eigenvalue weighted by Crippen LogP contribution is -2.27. The van der Waals surface area contributed by atoms with E-state index in [1.165, 1.54) is 26.3 Å². The Bertz CT molecular complexity index is 1290. The summed E-state index contributed by atoms with van der Waals surface area (Å²) in [5.41, 5.74) is 3.04. The number of anilines is 2. The minimum atomic E-state index is -3.92. The van der Waals surface area contributed by atoms with E-state index in [-0.39, 0.29) is 16.4 Å². The summed E-state index contributed by atoms with van der Waals surface area (Å²) in [5.74, 6) is 0.884. The van der Waals surface area contributed by atoms with Gasteiger partial charge in [-0.15, -0.1) is 0 Å². The molecule has 1 amide bonds. The normalized spacial score (nSPS) is 12.6. The lowest BCUT2D eigenvalue weighted by atomic mass is 10.1. The third-order valence-corrected chi connectivity index (χ3v) is 7.25. The molecule has 0 spiro atoms. The van der Waals surface area contributed by atoms with Crippen LogP contribution >= 0.6 is 0 Å². The zero-order chi connectivity index (χ0) is 22.9. The second-order valence-electron chi connectivity index (χ2n) is 7.50. The Hall–Kier alpha value is -3.52. The van der Waals surface area contributed by atoms with Gasteiger partial charge in [0, 0.05) is 24.7 Å². The van der Waals surface area contributed by atoms with E-state index in [0.717, 1.165) is 22.0 Å². The second kappa shape index (κ2) is 8.55. The molecule has 0 unspecified atom stereocenters. The van der Waals surface area contributed by atoms with Gasteiger partial charge in [-0.1, -0.05) is 18.2 Å². The molecule has 3 aromatic rings. The minimum absolute atomic E-state index is 0.0176. The fourth-order valence-electron chi connectivity index (χ4n) is 3.65. The third kappa shape index (κ3) is 4.01. The zero-order valence-corrected chi connectivity index (χ0v) is 18.9. The van der Waals surface area contributed by atoms with Gasteiger partial charge in [-0.2, -0.15) is 0 Å². The minimum Gasteiger partial charge on any atom is -0.495 e. The van der Waals surface area contributed by atoms with Crippen molar-refractivity contribution in [3.63, 3.8) is 0 Å². The topological polar surface area (TPSA) is 84.9 Å². The number of benzene rings is 3. The number of hydrogen-bond donors (Lipinski definition) is 1. The van der Waals surface area contributed by atoms with Crippen LogP contribution in [0.15, 0.2) is 65.6 Å². The molecule has 0 fully saturated rings. The van der Waals surface area contributed by atoms with Gasteiger partial charge >= 0.3 is 0 Å². The van der Waals surface area contributed by atoms with Gasteiger partial charge < -0.3 is 14.8 Å². The lowest BCUT2D eigenvalue weighted by Gasteiger charge is -2.22. The molecular weight excluding hydrogens is 428 g/mol. The van der Waals surface area contributed by atoms with Gasteiger partial charge in [0.25, 0.3) is 15.9 Å². The number of sulfonamides is 1. The van der Waals surface area contributed by atoms with Gasteiger partial charge in [-0.3, -0.25) is 9.10 Å². The van der Waals surface area contributed by atoms with Crippen molar-refractivity contribution >= 4 is 27.3 Å². The fourth-order valence-corrected chi connectivity index (χ4v) is 4.88. The van der Waals surface area contributed by atoms with E-state index in [0.29, 0.717) is 29.3 Å². The van der Waals surface area contributed by atoms with Crippen molar-refractivity contribution in [3.8, 4) is 11.5 Å². The first-order valence-corrected chi connectivity index (χ1v) is 11.5. The molecule has 0 bridgehead atoms. The molecule has 1 aliphatic heterocycles. The van der Waals surface area contributed by atoms with Crippen molar-refractivity contribution in [1.29, 1.82) is 0 Å². The number of carbonyl (C=O) groups is 1. The summed E-state index contributed by atoms with van der Waals surface area (Å²) in [6.45, 7) is 2.40. The van der Waals surface area contributed by atoms with Crippen LogP contribution in [0.1, 0.15) is 21.5 Å².